The molecule has 0 aliphatic carbocycles. The molecule has 26 heavy (non-hydrogen) atoms. The number of rotatable bonds is 5. The third kappa shape index (κ3) is 3.67. The Labute approximate surface area is 155 Å². The number of aryl methyl sites for hydroxylation is 1. The molecule has 3 rings (SSSR count). The maximum atomic E-state index is 12.4. The Hall–Kier alpha value is -2.55. The first-order chi connectivity index (χ1) is 12.4. The number of benzene rings is 1. The van der Waals surface area contributed by atoms with E-state index in [9.17, 15) is 14.4 Å². The van der Waals surface area contributed by atoms with E-state index >= 15 is 0 Å². The van der Waals surface area contributed by atoms with Crippen molar-refractivity contribution in [2.45, 2.75) is 32.1 Å². The first-order valence-electron chi connectivity index (χ1n) is 8.19. The van der Waals surface area contributed by atoms with E-state index in [0.717, 1.165) is 11.1 Å². The van der Waals surface area contributed by atoms with E-state index in [0.29, 0.717) is 17.5 Å². The van der Waals surface area contributed by atoms with Gasteiger partial charge in [0.05, 0.1) is 6.42 Å². The van der Waals surface area contributed by atoms with Crippen molar-refractivity contribution in [2.24, 2.45) is 4.99 Å². The summed E-state index contributed by atoms with van der Waals surface area (Å²) in [6.07, 6.45) is -0.605. The number of aliphatic carboxylic acids is 1. The van der Waals surface area contributed by atoms with Gasteiger partial charge in [-0.15, -0.1) is 0 Å². The number of carboxylic acids is 1. The number of amidine groups is 1. The summed E-state index contributed by atoms with van der Waals surface area (Å²) in [4.78, 5) is 42.9. The number of thioether (sulfide) groups is 1. The molecule has 2 aliphatic rings. The third-order valence-electron chi connectivity index (χ3n) is 4.31. The van der Waals surface area contributed by atoms with E-state index in [1.165, 1.54) is 16.7 Å². The molecular formula is C17H20N4O4S. The molecule has 0 aromatic heterocycles. The number of carboxylic acid groups (broad SMARTS) is 1. The Balaban J connectivity index is 1.86. The van der Waals surface area contributed by atoms with Crippen LogP contribution in [0.3, 0.4) is 0 Å². The number of imide groups is 1. The van der Waals surface area contributed by atoms with E-state index in [2.05, 4.69) is 10.3 Å². The Morgan fingerprint density at radius 2 is 2.15 bits per heavy atom. The highest BCUT2D eigenvalue weighted by atomic mass is 32.2. The number of hydrogen-bond acceptors (Lipinski definition) is 6. The van der Waals surface area contributed by atoms with E-state index < -0.39 is 24.2 Å². The number of amides is 3. The Morgan fingerprint density at radius 1 is 1.38 bits per heavy atom. The van der Waals surface area contributed by atoms with Gasteiger partial charge in [-0.1, -0.05) is 41.6 Å². The van der Waals surface area contributed by atoms with Gasteiger partial charge in [0.2, 0.25) is 0 Å². The molecule has 1 saturated heterocycles. The summed E-state index contributed by atoms with van der Waals surface area (Å²) in [7, 11) is 1.60. The summed E-state index contributed by atoms with van der Waals surface area (Å²) in [5.74, 6) is -0.927. The van der Waals surface area contributed by atoms with Crippen molar-refractivity contribution in [1.29, 1.82) is 0 Å². The second-order valence-corrected chi connectivity index (χ2v) is 7.35. The van der Waals surface area contributed by atoms with Crippen LogP contribution < -0.4 is 5.32 Å². The largest absolute Gasteiger partial charge is 0.481 e. The third-order valence-corrected chi connectivity index (χ3v) is 5.31. The standard InChI is InChI=1S/C17H20N4O4S/c1-10-4-3-5-11(8-10)9-21-13-14(20(2)16(25)19-15(13)24)18-17(21)26-7-6-12(22)23/h3-5,8,13-14H,6-7,9H2,1-2H3,(H,22,23)(H,19,24,25). The van der Waals surface area contributed by atoms with Crippen molar-refractivity contribution in [1.82, 2.24) is 15.1 Å². The fraction of sp³-hybridized carbons (Fsp3) is 0.412. The molecule has 1 fully saturated rings. The number of nitrogens with one attached hydrogen (secondary N) is 1. The first-order valence-corrected chi connectivity index (χ1v) is 9.17. The quantitative estimate of drug-likeness (QED) is 0.802. The maximum absolute atomic E-state index is 12.4. The van der Waals surface area contributed by atoms with E-state index in [1.807, 2.05) is 36.1 Å². The second kappa shape index (κ2) is 7.36. The number of aliphatic imine (C=N–C) groups is 1. The average Bonchev–Trinajstić information content (AvgIpc) is 2.92. The predicted octanol–water partition coefficient (Wildman–Crippen LogP) is 1.25. The number of carbonyl (C=O) groups is 3. The summed E-state index contributed by atoms with van der Waals surface area (Å²) in [6.45, 7) is 2.45. The van der Waals surface area contributed by atoms with Gasteiger partial charge in [-0.05, 0) is 12.5 Å². The van der Waals surface area contributed by atoms with Gasteiger partial charge in [0.1, 0.15) is 0 Å². The predicted molar refractivity (Wildman–Crippen MR) is 97.7 cm³/mol. The van der Waals surface area contributed by atoms with Gasteiger partial charge in [-0.2, -0.15) is 0 Å². The van der Waals surface area contributed by atoms with Crippen molar-refractivity contribution in [3.05, 3.63) is 35.4 Å². The molecule has 2 atom stereocenters. The molecule has 2 unspecified atom stereocenters. The number of carbonyl (C=O) groups excluding carboxylic acids is 2. The number of likely N-dealkylation sites (N-methyl/N-ethyl adjacent to an activating group) is 1. The topological polar surface area (TPSA) is 102 Å². The van der Waals surface area contributed by atoms with Crippen LogP contribution in [0.4, 0.5) is 4.79 Å². The minimum Gasteiger partial charge on any atom is -0.481 e. The van der Waals surface area contributed by atoms with E-state index in [4.69, 9.17) is 5.11 Å². The highest BCUT2D eigenvalue weighted by molar-refractivity contribution is 8.13. The summed E-state index contributed by atoms with van der Waals surface area (Å²) in [5, 5.41) is 11.8. The first kappa shape index (κ1) is 18.2. The van der Waals surface area contributed by atoms with Gasteiger partial charge in [-0.3, -0.25) is 14.9 Å². The molecule has 0 radical (unpaired) electrons. The van der Waals surface area contributed by atoms with Gasteiger partial charge in [-0.25, -0.2) is 9.79 Å². The highest BCUT2D eigenvalue weighted by Crippen LogP contribution is 2.30. The molecule has 0 spiro atoms. The molecule has 2 aliphatic heterocycles. The maximum Gasteiger partial charge on any atom is 0.325 e. The lowest BCUT2D eigenvalue weighted by Gasteiger charge is -2.36. The van der Waals surface area contributed by atoms with Crippen molar-refractivity contribution in [3.8, 4) is 0 Å². The fourth-order valence-electron chi connectivity index (χ4n) is 3.02. The van der Waals surface area contributed by atoms with Gasteiger partial charge in [0.15, 0.2) is 17.4 Å². The molecular weight excluding hydrogens is 356 g/mol. The lowest BCUT2D eigenvalue weighted by Crippen LogP contribution is -2.63. The minimum atomic E-state index is -0.885. The lowest BCUT2D eigenvalue weighted by molar-refractivity contribution is -0.136. The van der Waals surface area contributed by atoms with Crippen molar-refractivity contribution in [3.63, 3.8) is 0 Å². The summed E-state index contributed by atoms with van der Waals surface area (Å²) < 4.78 is 0. The Kier molecular flexibility index (Phi) is 5.17. The van der Waals surface area contributed by atoms with Gasteiger partial charge in [0.25, 0.3) is 5.91 Å². The Morgan fingerprint density at radius 3 is 2.85 bits per heavy atom. The lowest BCUT2D eigenvalue weighted by atomic mass is 10.1. The second-order valence-electron chi connectivity index (χ2n) is 6.28. The van der Waals surface area contributed by atoms with Crippen molar-refractivity contribution < 1.29 is 19.5 Å². The van der Waals surface area contributed by atoms with Crippen LogP contribution in [0.5, 0.6) is 0 Å². The van der Waals surface area contributed by atoms with Gasteiger partial charge >= 0.3 is 12.0 Å². The van der Waals surface area contributed by atoms with Crippen LogP contribution in [0.15, 0.2) is 29.3 Å². The van der Waals surface area contributed by atoms with Crippen molar-refractivity contribution >= 4 is 34.8 Å². The zero-order chi connectivity index (χ0) is 18.8. The molecule has 0 bridgehead atoms. The SMILES string of the molecule is Cc1cccc(CN2C(SCCC(=O)O)=NC3C2C(=O)NC(=O)N3C)c1. The van der Waals surface area contributed by atoms with Crippen LogP contribution in [0, 0.1) is 6.92 Å². The molecule has 9 heteroatoms. The van der Waals surface area contributed by atoms with Crippen LogP contribution in [-0.2, 0) is 16.1 Å². The van der Waals surface area contributed by atoms with Crippen molar-refractivity contribution in [2.75, 3.05) is 12.8 Å². The average molecular weight is 376 g/mol. The fourth-order valence-corrected chi connectivity index (χ4v) is 4.01. The number of urea groups is 1. The molecule has 3 amide bonds. The molecule has 1 aromatic rings. The van der Waals surface area contributed by atoms with Crippen LogP contribution >= 0.6 is 11.8 Å². The van der Waals surface area contributed by atoms with E-state index in [-0.39, 0.29) is 12.3 Å². The highest BCUT2D eigenvalue weighted by Gasteiger charge is 2.48. The van der Waals surface area contributed by atoms with E-state index in [1.54, 1.807) is 7.05 Å². The molecule has 2 heterocycles. The number of hydrogen-bond donors (Lipinski definition) is 2. The zero-order valence-corrected chi connectivity index (χ0v) is 15.3. The summed E-state index contributed by atoms with van der Waals surface area (Å²) in [5.41, 5.74) is 2.13. The van der Waals surface area contributed by atoms with Crippen LogP contribution in [0.2, 0.25) is 0 Å². The van der Waals surface area contributed by atoms with Crippen LogP contribution in [-0.4, -0.2) is 63.0 Å². The molecule has 2 N–H and O–H groups in total. The van der Waals surface area contributed by atoms with Crippen LogP contribution in [0.25, 0.3) is 0 Å². The molecule has 0 saturated carbocycles. The minimum absolute atomic E-state index is 0.00171. The number of fused-ring (bicyclic) bond motifs is 1. The van der Waals surface area contributed by atoms with Gasteiger partial charge < -0.3 is 14.9 Å². The number of nitrogens with zero attached hydrogens (tertiary/aromatic N) is 3. The smallest absolute Gasteiger partial charge is 0.325 e. The van der Waals surface area contributed by atoms with Crippen LogP contribution in [0.1, 0.15) is 17.5 Å². The Bertz CT molecular complexity index is 782. The summed E-state index contributed by atoms with van der Waals surface area (Å²) >= 11 is 1.29. The molecule has 8 nitrogen and oxygen atoms in total. The molecule has 138 valence electrons. The zero-order valence-electron chi connectivity index (χ0n) is 14.5. The monoisotopic (exact) mass is 376 g/mol. The molecule has 1 aromatic carbocycles. The summed E-state index contributed by atoms with van der Waals surface area (Å²) in [6, 6.07) is 6.84. The normalized spacial score (nSPS) is 22.2. The van der Waals surface area contributed by atoms with Gasteiger partial charge in [0, 0.05) is 19.3 Å².